The molecular formula is C11H21NO2. The maximum atomic E-state index is 11.1. The lowest BCUT2D eigenvalue weighted by Crippen LogP contribution is -2.34. The van der Waals surface area contributed by atoms with E-state index < -0.39 is 0 Å². The summed E-state index contributed by atoms with van der Waals surface area (Å²) in [4.78, 5) is 11.1. The molecule has 0 radical (unpaired) electrons. The van der Waals surface area contributed by atoms with Gasteiger partial charge in [-0.1, -0.05) is 19.8 Å². The second-order valence-electron chi connectivity index (χ2n) is 3.97. The van der Waals surface area contributed by atoms with Gasteiger partial charge in [0.05, 0.1) is 13.2 Å². The van der Waals surface area contributed by atoms with E-state index in [0.717, 1.165) is 12.3 Å². The van der Waals surface area contributed by atoms with Crippen LogP contribution < -0.4 is 5.32 Å². The molecule has 3 heteroatoms. The average Bonchev–Trinajstić information content (AvgIpc) is 2.96. The van der Waals surface area contributed by atoms with Gasteiger partial charge in [0.2, 0.25) is 0 Å². The van der Waals surface area contributed by atoms with Gasteiger partial charge in [0, 0.05) is 6.04 Å². The summed E-state index contributed by atoms with van der Waals surface area (Å²) in [7, 11) is 0. The lowest BCUT2D eigenvalue weighted by atomic mass is 10.1. The fraction of sp³-hybridized carbons (Fsp3) is 0.909. The lowest BCUT2D eigenvalue weighted by molar-refractivity contribution is -0.142. The predicted molar refractivity (Wildman–Crippen MR) is 56.1 cm³/mol. The fourth-order valence-corrected chi connectivity index (χ4v) is 1.59. The van der Waals surface area contributed by atoms with Crippen molar-refractivity contribution in [1.29, 1.82) is 0 Å². The highest BCUT2D eigenvalue weighted by Gasteiger charge is 2.24. The van der Waals surface area contributed by atoms with Gasteiger partial charge in [-0.05, 0) is 25.7 Å². The van der Waals surface area contributed by atoms with Gasteiger partial charge in [-0.3, -0.25) is 4.79 Å². The molecular weight excluding hydrogens is 178 g/mol. The van der Waals surface area contributed by atoms with Crippen LogP contribution in [0.25, 0.3) is 0 Å². The van der Waals surface area contributed by atoms with Gasteiger partial charge in [-0.2, -0.15) is 0 Å². The van der Waals surface area contributed by atoms with Crippen LogP contribution in [-0.2, 0) is 9.53 Å². The van der Waals surface area contributed by atoms with E-state index in [9.17, 15) is 4.79 Å². The van der Waals surface area contributed by atoms with Crippen LogP contribution in [0.1, 0.15) is 39.5 Å². The molecule has 1 fully saturated rings. The van der Waals surface area contributed by atoms with Crippen molar-refractivity contribution in [3.63, 3.8) is 0 Å². The van der Waals surface area contributed by atoms with Gasteiger partial charge < -0.3 is 10.1 Å². The van der Waals surface area contributed by atoms with E-state index in [1.807, 2.05) is 6.92 Å². The number of hydrogen-bond acceptors (Lipinski definition) is 3. The van der Waals surface area contributed by atoms with Gasteiger partial charge in [0.25, 0.3) is 0 Å². The highest BCUT2D eigenvalue weighted by atomic mass is 16.5. The highest BCUT2D eigenvalue weighted by Crippen LogP contribution is 2.33. The Morgan fingerprint density at radius 2 is 2.21 bits per heavy atom. The topological polar surface area (TPSA) is 38.3 Å². The van der Waals surface area contributed by atoms with E-state index in [4.69, 9.17) is 4.74 Å². The molecule has 0 bridgehead atoms. The largest absolute Gasteiger partial charge is 0.465 e. The molecule has 1 aliphatic rings. The first kappa shape index (κ1) is 11.5. The van der Waals surface area contributed by atoms with Crippen molar-refractivity contribution in [3.8, 4) is 0 Å². The number of hydrogen-bond donors (Lipinski definition) is 1. The van der Waals surface area contributed by atoms with Crippen LogP contribution in [0.15, 0.2) is 0 Å². The number of ether oxygens (including phenoxy) is 1. The van der Waals surface area contributed by atoms with Crippen molar-refractivity contribution < 1.29 is 9.53 Å². The zero-order chi connectivity index (χ0) is 10.4. The van der Waals surface area contributed by atoms with Gasteiger partial charge >= 0.3 is 5.97 Å². The summed E-state index contributed by atoms with van der Waals surface area (Å²) in [6.07, 6.45) is 5.06. The van der Waals surface area contributed by atoms with Crippen LogP contribution in [0.3, 0.4) is 0 Å². The molecule has 0 aromatic rings. The molecule has 1 saturated carbocycles. The van der Waals surface area contributed by atoms with E-state index in [2.05, 4.69) is 12.2 Å². The summed E-state index contributed by atoms with van der Waals surface area (Å²) >= 11 is 0. The third-order valence-corrected chi connectivity index (χ3v) is 2.65. The molecule has 1 rings (SSSR count). The number of nitrogens with one attached hydrogen (secondary N) is 1. The molecule has 3 nitrogen and oxygen atoms in total. The summed E-state index contributed by atoms with van der Waals surface area (Å²) in [6, 6.07) is 0.493. The van der Waals surface area contributed by atoms with Crippen LogP contribution in [0, 0.1) is 5.92 Å². The Balaban J connectivity index is 2.09. The summed E-state index contributed by atoms with van der Waals surface area (Å²) < 4.78 is 4.86. The summed E-state index contributed by atoms with van der Waals surface area (Å²) in [6.45, 7) is 4.82. The molecule has 14 heavy (non-hydrogen) atoms. The van der Waals surface area contributed by atoms with Crippen molar-refractivity contribution in [2.75, 3.05) is 13.2 Å². The van der Waals surface area contributed by atoms with Gasteiger partial charge in [0.1, 0.15) is 0 Å². The molecule has 0 spiro atoms. The Labute approximate surface area is 86.2 Å². The van der Waals surface area contributed by atoms with E-state index >= 15 is 0 Å². The third kappa shape index (κ3) is 4.61. The second-order valence-corrected chi connectivity index (χ2v) is 3.97. The van der Waals surface area contributed by atoms with Crippen molar-refractivity contribution in [2.24, 2.45) is 5.92 Å². The molecule has 82 valence electrons. The Morgan fingerprint density at radius 1 is 1.50 bits per heavy atom. The summed E-state index contributed by atoms with van der Waals surface area (Å²) in [5.41, 5.74) is 0. The van der Waals surface area contributed by atoms with Crippen LogP contribution in [0.2, 0.25) is 0 Å². The molecule has 0 aromatic heterocycles. The van der Waals surface area contributed by atoms with Gasteiger partial charge in [-0.25, -0.2) is 0 Å². The molecule has 1 aliphatic carbocycles. The van der Waals surface area contributed by atoms with Crippen molar-refractivity contribution in [2.45, 2.75) is 45.6 Å². The van der Waals surface area contributed by atoms with Crippen molar-refractivity contribution in [1.82, 2.24) is 5.32 Å². The molecule has 0 heterocycles. The molecule has 1 atom stereocenters. The second kappa shape index (κ2) is 6.02. The highest BCUT2D eigenvalue weighted by molar-refractivity contribution is 5.71. The first-order valence-corrected chi connectivity index (χ1v) is 5.65. The molecule has 1 unspecified atom stereocenters. The average molecular weight is 199 g/mol. The molecule has 0 aliphatic heterocycles. The first-order chi connectivity index (χ1) is 6.76. The SMILES string of the molecule is CCOC(=O)CNC(CC)CC1CC1. The van der Waals surface area contributed by atoms with Crippen molar-refractivity contribution in [3.05, 3.63) is 0 Å². The number of carbonyl (C=O) groups excluding carboxylic acids is 1. The zero-order valence-corrected chi connectivity index (χ0v) is 9.21. The smallest absolute Gasteiger partial charge is 0.319 e. The molecule has 1 N–H and O–H groups in total. The monoisotopic (exact) mass is 199 g/mol. The van der Waals surface area contributed by atoms with Crippen molar-refractivity contribution >= 4 is 5.97 Å². The van der Waals surface area contributed by atoms with E-state index in [1.165, 1.54) is 19.3 Å². The van der Waals surface area contributed by atoms with E-state index in [1.54, 1.807) is 0 Å². The zero-order valence-electron chi connectivity index (χ0n) is 9.21. The Bertz CT molecular complexity index is 178. The Kier molecular flexibility index (Phi) is 4.94. The van der Waals surface area contributed by atoms with Crippen LogP contribution in [0.4, 0.5) is 0 Å². The van der Waals surface area contributed by atoms with Crippen LogP contribution in [0.5, 0.6) is 0 Å². The first-order valence-electron chi connectivity index (χ1n) is 5.65. The minimum absolute atomic E-state index is 0.137. The summed E-state index contributed by atoms with van der Waals surface area (Å²) in [5.74, 6) is 0.774. The maximum Gasteiger partial charge on any atom is 0.319 e. The minimum Gasteiger partial charge on any atom is -0.465 e. The normalized spacial score (nSPS) is 17.9. The fourth-order valence-electron chi connectivity index (χ4n) is 1.59. The van der Waals surface area contributed by atoms with E-state index in [0.29, 0.717) is 19.2 Å². The molecule has 0 saturated heterocycles. The van der Waals surface area contributed by atoms with Crippen LogP contribution in [-0.4, -0.2) is 25.2 Å². The molecule has 0 amide bonds. The van der Waals surface area contributed by atoms with E-state index in [-0.39, 0.29) is 5.97 Å². The minimum atomic E-state index is -0.137. The third-order valence-electron chi connectivity index (χ3n) is 2.65. The maximum absolute atomic E-state index is 11.1. The molecule has 0 aromatic carbocycles. The Hall–Kier alpha value is -0.570. The summed E-state index contributed by atoms with van der Waals surface area (Å²) in [5, 5.41) is 3.25. The Morgan fingerprint density at radius 3 is 2.71 bits per heavy atom. The number of esters is 1. The lowest BCUT2D eigenvalue weighted by Gasteiger charge is -2.15. The standard InChI is InChI=1S/C11H21NO2/c1-3-10(7-9-5-6-9)12-8-11(13)14-4-2/h9-10,12H,3-8H2,1-2H3. The van der Waals surface area contributed by atoms with Gasteiger partial charge in [-0.15, -0.1) is 0 Å². The quantitative estimate of drug-likeness (QED) is 0.634. The number of carbonyl (C=O) groups is 1. The van der Waals surface area contributed by atoms with Crippen LogP contribution >= 0.6 is 0 Å². The van der Waals surface area contributed by atoms with Gasteiger partial charge in [0.15, 0.2) is 0 Å². The predicted octanol–water partition coefficient (Wildman–Crippen LogP) is 1.72. The number of rotatable bonds is 7.